The summed E-state index contributed by atoms with van der Waals surface area (Å²) in [6, 6.07) is -5.02. The zero-order chi connectivity index (χ0) is 100. The van der Waals surface area contributed by atoms with Gasteiger partial charge in [-0.2, -0.15) is 0 Å². The minimum atomic E-state index is -2.01. The average molecular weight is 1930 g/mol. The van der Waals surface area contributed by atoms with Gasteiger partial charge in [0.25, 0.3) is 0 Å². The lowest BCUT2D eigenvalue weighted by atomic mass is 10.00. The summed E-state index contributed by atoms with van der Waals surface area (Å²) < 4.78 is 1.38. The third-order valence-corrected chi connectivity index (χ3v) is 25.2. The molecule has 9 rings (SSSR count). The molecule has 22 N–H and O–H groups in total. The Morgan fingerprint density at radius 1 is 0.547 bits per heavy atom. The van der Waals surface area contributed by atoms with Crippen LogP contribution >= 0.6 is 11.8 Å². The number of fused-ring (bicyclic) bond motifs is 4. The molecule has 46 nitrogen and oxygen atoms in total. The normalized spacial score (nSPS) is 24.5. The standard InChI is InChI=1S/C90H121N21O25S/c1-7-9-19-68-83(129)98-58(29-31-112)79(125)105-66(78(124)95-40-73(92)117)45-137-46-74(118)97-62(32-49-23-25-53(114)26-24-49)86(132)106(4)48(3)77(123)102-64(37-75(119)120)89(135)110-30-15-22-69(110)84(130)101-61(35-52-39-93-47-96-52)81(127)99-59(27-28-72(91)116)88(134)111-42-54(115)36-71(111)85(131)100-60(33-50-38-94-57-18-13-11-16-55(50)57)80(126)104-65(44-113)82(128)103-63(87(133)108(6)70(20-10-8-2)90(136)107(68)5)34-51-41-109(43-76(121)122)67-21-14-12-17-56(51)67/h11-14,16-18,21,23-26,38-39,41,47-48,54,58-66,68-71,94,112-115H,7-10,15,19-20,22,27-37,40,42-46H2,1-6H3,(H2,91,116)(H2,92,117)(H,93,96)(H,95,124)(H,97,118)(H,98,129)(H,99,127)(H,100,131)(H,101,130)(H,102,123)(H,103,128)(H,104,126)(H,105,125)(H,119,120)(H,121,122)/t48-,54+,58-,59-,60-,61-,62-,63?,64-,65-,66-,68-,69-,70-,71-/m0/s1. The van der Waals surface area contributed by atoms with E-state index in [4.69, 9.17) is 11.5 Å². The number of amides is 17. The number of aromatic hydroxyl groups is 1. The van der Waals surface area contributed by atoms with Crippen molar-refractivity contribution in [3.8, 4) is 5.75 Å². The molecule has 47 heteroatoms. The second-order valence-corrected chi connectivity index (χ2v) is 35.2. The number of nitrogens with two attached hydrogens (primary N) is 2. The maximum absolute atomic E-state index is 15.8. The molecule has 3 fully saturated rings. The van der Waals surface area contributed by atoms with E-state index in [1.54, 1.807) is 62.4 Å². The number of carboxylic acid groups (broad SMARTS) is 2. The first-order valence-corrected chi connectivity index (χ1v) is 46.2. The van der Waals surface area contributed by atoms with Crippen molar-refractivity contribution < 1.29 is 122 Å². The largest absolute Gasteiger partial charge is 0.508 e. The Morgan fingerprint density at radius 3 is 1.77 bits per heavy atom. The van der Waals surface area contributed by atoms with Gasteiger partial charge in [0.15, 0.2) is 0 Å². The van der Waals surface area contributed by atoms with E-state index in [0.29, 0.717) is 57.5 Å². The first kappa shape index (κ1) is 107. The molecule has 742 valence electrons. The highest BCUT2D eigenvalue weighted by atomic mass is 32.2. The van der Waals surface area contributed by atoms with Crippen LogP contribution in [0.4, 0.5) is 0 Å². The molecule has 17 amide bonds. The number of nitrogens with zero attached hydrogens (tertiary/aromatic N) is 7. The number of phenols is 1. The molecular weight excluding hydrogens is 1810 g/mol. The average Bonchev–Trinajstić information content (AvgIpc) is 1.64. The van der Waals surface area contributed by atoms with Crippen LogP contribution in [0.5, 0.6) is 5.75 Å². The number of nitrogens with one attached hydrogen (secondary N) is 12. The van der Waals surface area contributed by atoms with Gasteiger partial charge < -0.3 is 134 Å². The highest BCUT2D eigenvalue weighted by Crippen LogP contribution is 2.29. The lowest BCUT2D eigenvalue weighted by Crippen LogP contribution is -2.62. The fourth-order valence-corrected chi connectivity index (χ4v) is 17.5. The van der Waals surface area contributed by atoms with Gasteiger partial charge in [-0.05, 0) is 86.4 Å². The molecule has 3 aliphatic rings. The number of phenolic OH excluding ortho intramolecular Hbond substituents is 1. The quantitative estimate of drug-likeness (QED) is 0.0231. The van der Waals surface area contributed by atoms with Crippen LogP contribution in [0.25, 0.3) is 21.8 Å². The Hall–Kier alpha value is -14.1. The number of rotatable bonds is 27. The predicted octanol–water partition coefficient (Wildman–Crippen LogP) is -4.43. The van der Waals surface area contributed by atoms with Gasteiger partial charge in [-0.25, -0.2) is 4.98 Å². The van der Waals surface area contributed by atoms with Crippen LogP contribution in [0, 0.1) is 0 Å². The minimum absolute atomic E-state index is 0.0871. The van der Waals surface area contributed by atoms with Crippen molar-refractivity contribution in [3.05, 3.63) is 120 Å². The van der Waals surface area contributed by atoms with Crippen molar-refractivity contribution >= 4 is 146 Å². The summed E-state index contributed by atoms with van der Waals surface area (Å²) in [4.78, 5) is 289. The number of aromatic amines is 2. The monoisotopic (exact) mass is 1930 g/mol. The van der Waals surface area contributed by atoms with Gasteiger partial charge in [0.05, 0.1) is 37.8 Å². The fraction of sp³-hybridized carbons (Fsp3) is 0.511. The van der Waals surface area contributed by atoms with Crippen LogP contribution in [0.2, 0.25) is 0 Å². The molecule has 1 unspecified atom stereocenters. The summed E-state index contributed by atoms with van der Waals surface area (Å²) in [5.41, 5.74) is 13.2. The van der Waals surface area contributed by atoms with Crippen LogP contribution in [-0.2, 0) is 123 Å². The number of carbonyl (C=O) groups is 19. The number of hydrogen-bond acceptors (Lipinski definition) is 25. The molecule has 0 spiro atoms. The number of unbranched alkanes of at least 4 members (excludes halogenated alkanes) is 2. The maximum atomic E-state index is 15.8. The highest BCUT2D eigenvalue weighted by Gasteiger charge is 2.47. The molecule has 0 saturated carbocycles. The van der Waals surface area contributed by atoms with Crippen molar-refractivity contribution in [2.24, 2.45) is 11.5 Å². The second-order valence-electron chi connectivity index (χ2n) is 34.1. The number of hydrogen-bond donors (Lipinski definition) is 20. The summed E-state index contributed by atoms with van der Waals surface area (Å²) in [7, 11) is 3.69. The molecular formula is C90H121N21O25S. The number of aliphatic carboxylic acids is 2. The molecule has 137 heavy (non-hydrogen) atoms. The molecule has 6 aromatic rings. The minimum Gasteiger partial charge on any atom is -0.508 e. The Kier molecular flexibility index (Phi) is 39.3. The Labute approximate surface area is 791 Å². The van der Waals surface area contributed by atoms with Gasteiger partial charge in [0.2, 0.25) is 100 Å². The third kappa shape index (κ3) is 29.2. The Morgan fingerprint density at radius 2 is 1.12 bits per heavy atom. The number of imidazole rings is 1. The third-order valence-electron chi connectivity index (χ3n) is 24.2. The first-order chi connectivity index (χ1) is 65.2. The number of aliphatic hydroxyl groups is 3. The number of aliphatic hydroxyl groups excluding tert-OH is 3. The SMILES string of the molecule is CCCC[C@H]1C(=O)N(C)[C@@H](CCCC)C(=O)N[C@@H](CCO)C(=O)N[C@H](C(=O)NCC(N)=O)CSCC(=O)N[C@@H](Cc2ccc(O)cc2)C(=O)N(C)[C@@H](C)C(=O)N[C@@H](CC(=O)O)C(=O)N2CCC[C@H]2C(=O)N[C@@H](Cc2cnc[nH]2)C(=O)N[C@@H](CCC(N)=O)C(=O)N2C[C@H](O)C[C@H]2C(=O)N[C@@H](Cc2c[nH]c3ccccc23)C(=O)N[C@@H](CO)C(=O)NC(Cc2cn(CC(=O)O)c3ccccc23)C(=O)N1C. The Balaban J connectivity index is 1.11. The lowest BCUT2D eigenvalue weighted by Gasteiger charge is -2.36. The molecule has 3 aromatic heterocycles. The number of likely N-dealkylation sites (N-methyl/N-ethyl adjacent to an activating group) is 3. The Bertz CT molecular complexity index is 5360. The van der Waals surface area contributed by atoms with Crippen molar-refractivity contribution in [1.82, 2.24) is 97.2 Å². The smallest absolute Gasteiger partial charge is 0.323 e. The molecule has 6 heterocycles. The fourth-order valence-electron chi connectivity index (χ4n) is 16.7. The number of thioether (sulfide) groups is 1. The zero-order valence-electron chi connectivity index (χ0n) is 76.7. The number of carboxylic acids is 2. The van der Waals surface area contributed by atoms with Crippen LogP contribution in [-0.4, -0.2) is 343 Å². The van der Waals surface area contributed by atoms with E-state index < -0.39 is 299 Å². The number of benzene rings is 3. The summed E-state index contributed by atoms with van der Waals surface area (Å²) in [5.74, 6) is -21.9. The van der Waals surface area contributed by atoms with Gasteiger partial charge in [0.1, 0.15) is 96.9 Å². The number of primary amides is 2. The number of H-pyrrole nitrogens is 2. The first-order valence-electron chi connectivity index (χ1n) is 45.0. The summed E-state index contributed by atoms with van der Waals surface area (Å²) in [6.45, 7) is 0.646. The lowest BCUT2D eigenvalue weighted by molar-refractivity contribution is -0.149. The second kappa shape index (κ2) is 50.5. The number of para-hydroxylation sites is 2. The van der Waals surface area contributed by atoms with Crippen LogP contribution in [0.15, 0.2) is 97.7 Å². The van der Waals surface area contributed by atoms with E-state index >= 15 is 38.4 Å². The predicted molar refractivity (Wildman–Crippen MR) is 491 cm³/mol. The van der Waals surface area contributed by atoms with Crippen molar-refractivity contribution in [3.63, 3.8) is 0 Å². The van der Waals surface area contributed by atoms with Crippen LogP contribution < -0.4 is 64.6 Å². The summed E-state index contributed by atoms with van der Waals surface area (Å²) >= 11 is 0.708. The molecule has 3 aliphatic heterocycles. The highest BCUT2D eigenvalue weighted by molar-refractivity contribution is 8.00. The van der Waals surface area contributed by atoms with Crippen molar-refractivity contribution in [2.75, 3.05) is 65.5 Å². The number of aromatic nitrogens is 4. The molecule has 3 saturated heterocycles. The maximum Gasteiger partial charge on any atom is 0.323 e. The molecule has 3 aromatic carbocycles. The molecule has 0 bridgehead atoms. The van der Waals surface area contributed by atoms with Gasteiger partial charge >= 0.3 is 11.9 Å². The zero-order valence-corrected chi connectivity index (χ0v) is 77.5. The van der Waals surface area contributed by atoms with Crippen molar-refractivity contribution in [1.29, 1.82) is 0 Å². The van der Waals surface area contributed by atoms with Crippen LogP contribution in [0.3, 0.4) is 0 Å². The van der Waals surface area contributed by atoms with E-state index in [2.05, 4.69) is 68.1 Å². The van der Waals surface area contributed by atoms with Crippen molar-refractivity contribution in [2.45, 2.75) is 227 Å². The van der Waals surface area contributed by atoms with E-state index in [-0.39, 0.29) is 68.5 Å². The van der Waals surface area contributed by atoms with E-state index in [9.17, 15) is 83.4 Å². The molecule has 15 atom stereocenters. The number of carbonyl (C=O) groups excluding carboxylic acids is 17. The van der Waals surface area contributed by atoms with Gasteiger partial charge in [-0.3, -0.25) is 91.1 Å². The van der Waals surface area contributed by atoms with E-state index in [1.165, 1.54) is 74.8 Å². The van der Waals surface area contributed by atoms with Crippen LogP contribution in [0.1, 0.15) is 127 Å². The van der Waals surface area contributed by atoms with Gasteiger partial charge in [-0.1, -0.05) is 88.1 Å². The molecule has 0 radical (unpaired) electrons. The summed E-state index contributed by atoms with van der Waals surface area (Å²) in [6.07, 6.45) is 0.295. The van der Waals surface area contributed by atoms with Gasteiger partial charge in [0, 0.05) is 131 Å². The summed E-state index contributed by atoms with van der Waals surface area (Å²) in [5, 5.41) is 90.0. The topological polar surface area (TPSA) is 684 Å². The van der Waals surface area contributed by atoms with Gasteiger partial charge in [-0.15, -0.1) is 11.8 Å². The van der Waals surface area contributed by atoms with E-state index in [1.807, 2.05) is 0 Å². The van der Waals surface area contributed by atoms with E-state index in [0.717, 1.165) is 31.5 Å². The molecule has 0 aliphatic carbocycles.